The Morgan fingerprint density at radius 3 is 2.60 bits per heavy atom. The Morgan fingerprint density at radius 1 is 1.24 bits per heavy atom. The molecule has 0 atom stereocenters. The van der Waals surface area contributed by atoms with Crippen LogP contribution in [0, 0.1) is 5.92 Å². The summed E-state index contributed by atoms with van der Waals surface area (Å²) in [6, 6.07) is 3.79. The van der Waals surface area contributed by atoms with E-state index >= 15 is 0 Å². The highest BCUT2D eigenvalue weighted by atomic mass is 35.5. The van der Waals surface area contributed by atoms with E-state index in [2.05, 4.69) is 5.32 Å². The van der Waals surface area contributed by atoms with Gasteiger partial charge in [0, 0.05) is 19.1 Å². The number of aliphatic carboxylic acids is 1. The second-order valence-electron chi connectivity index (χ2n) is 6.76. The van der Waals surface area contributed by atoms with E-state index in [0.717, 1.165) is 30.4 Å². The third-order valence-corrected chi connectivity index (χ3v) is 5.47. The lowest BCUT2D eigenvalue weighted by Gasteiger charge is -2.33. The SMILES string of the molecule is COc1cc2c(cc1Cl)CN(C(=O)NC1CCC(C(=O)O)CC1)CC2. The maximum Gasteiger partial charge on any atom is 0.317 e. The van der Waals surface area contributed by atoms with Gasteiger partial charge in [0.05, 0.1) is 18.1 Å². The second kappa shape index (κ2) is 7.52. The first-order chi connectivity index (χ1) is 12.0. The van der Waals surface area contributed by atoms with Gasteiger partial charge in [-0.1, -0.05) is 11.6 Å². The molecule has 7 heteroatoms. The average molecular weight is 367 g/mol. The molecule has 0 unspecified atom stereocenters. The number of methoxy groups -OCH3 is 1. The van der Waals surface area contributed by atoms with Crippen LogP contribution < -0.4 is 10.1 Å². The molecule has 1 aliphatic carbocycles. The molecule has 0 spiro atoms. The van der Waals surface area contributed by atoms with Crippen LogP contribution >= 0.6 is 11.6 Å². The van der Waals surface area contributed by atoms with Crippen molar-refractivity contribution in [1.29, 1.82) is 0 Å². The van der Waals surface area contributed by atoms with Crippen LogP contribution in [0.3, 0.4) is 0 Å². The monoisotopic (exact) mass is 366 g/mol. The lowest BCUT2D eigenvalue weighted by molar-refractivity contribution is -0.142. The van der Waals surface area contributed by atoms with Crippen LogP contribution in [0.1, 0.15) is 36.8 Å². The first-order valence-corrected chi connectivity index (χ1v) is 8.99. The molecule has 1 aromatic rings. The van der Waals surface area contributed by atoms with Crippen molar-refractivity contribution in [2.24, 2.45) is 5.92 Å². The molecule has 0 saturated heterocycles. The van der Waals surface area contributed by atoms with Crippen molar-refractivity contribution in [3.05, 3.63) is 28.3 Å². The fraction of sp³-hybridized carbons (Fsp3) is 0.556. The summed E-state index contributed by atoms with van der Waals surface area (Å²) in [6.45, 7) is 1.17. The molecule has 0 aromatic heterocycles. The van der Waals surface area contributed by atoms with Crippen LogP contribution in [0.5, 0.6) is 5.75 Å². The third-order valence-electron chi connectivity index (χ3n) is 5.18. The Balaban J connectivity index is 1.58. The Kier molecular flexibility index (Phi) is 5.37. The molecule has 3 rings (SSSR count). The molecule has 1 fully saturated rings. The van der Waals surface area contributed by atoms with Crippen molar-refractivity contribution in [3.63, 3.8) is 0 Å². The van der Waals surface area contributed by atoms with Crippen LogP contribution in [0.15, 0.2) is 12.1 Å². The molecule has 6 nitrogen and oxygen atoms in total. The summed E-state index contributed by atoms with van der Waals surface area (Å²) in [7, 11) is 1.59. The minimum Gasteiger partial charge on any atom is -0.495 e. The fourth-order valence-corrected chi connectivity index (χ4v) is 3.90. The highest BCUT2D eigenvalue weighted by Gasteiger charge is 2.29. The van der Waals surface area contributed by atoms with Crippen molar-refractivity contribution in [2.75, 3.05) is 13.7 Å². The lowest BCUT2D eigenvalue weighted by atomic mass is 9.86. The zero-order valence-electron chi connectivity index (χ0n) is 14.3. The summed E-state index contributed by atoms with van der Waals surface area (Å²) in [6.07, 6.45) is 3.45. The Hall–Kier alpha value is -1.95. The van der Waals surface area contributed by atoms with Gasteiger partial charge < -0.3 is 20.1 Å². The number of fused-ring (bicyclic) bond motifs is 1. The van der Waals surface area contributed by atoms with Gasteiger partial charge in [0.1, 0.15) is 5.75 Å². The molecule has 1 heterocycles. The number of nitrogens with one attached hydrogen (secondary N) is 1. The van der Waals surface area contributed by atoms with Gasteiger partial charge in [0.2, 0.25) is 0 Å². The number of ether oxygens (including phenoxy) is 1. The first-order valence-electron chi connectivity index (χ1n) is 8.61. The van der Waals surface area contributed by atoms with E-state index in [1.807, 2.05) is 12.1 Å². The normalized spacial score (nSPS) is 22.9. The van der Waals surface area contributed by atoms with E-state index in [4.69, 9.17) is 21.4 Å². The number of hydrogen-bond acceptors (Lipinski definition) is 3. The number of hydrogen-bond donors (Lipinski definition) is 2. The van der Waals surface area contributed by atoms with Crippen molar-refractivity contribution in [3.8, 4) is 5.75 Å². The van der Waals surface area contributed by atoms with E-state index in [-0.39, 0.29) is 18.0 Å². The average Bonchev–Trinajstić information content (AvgIpc) is 2.61. The minimum atomic E-state index is -0.732. The molecule has 1 aromatic carbocycles. The van der Waals surface area contributed by atoms with Crippen LogP contribution in [-0.4, -0.2) is 41.7 Å². The number of urea groups is 1. The molecule has 0 radical (unpaired) electrons. The maximum absolute atomic E-state index is 12.5. The Morgan fingerprint density at radius 2 is 1.96 bits per heavy atom. The zero-order chi connectivity index (χ0) is 18.0. The molecule has 136 valence electrons. The summed E-state index contributed by atoms with van der Waals surface area (Å²) in [5.74, 6) is -0.342. The molecule has 1 saturated carbocycles. The van der Waals surface area contributed by atoms with Gasteiger partial charge in [-0.05, 0) is 55.4 Å². The van der Waals surface area contributed by atoms with Gasteiger partial charge in [-0.3, -0.25) is 4.79 Å². The number of nitrogens with zero attached hydrogens (tertiary/aromatic N) is 1. The van der Waals surface area contributed by atoms with Crippen molar-refractivity contribution in [1.82, 2.24) is 10.2 Å². The van der Waals surface area contributed by atoms with Crippen molar-refractivity contribution < 1.29 is 19.4 Å². The highest BCUT2D eigenvalue weighted by molar-refractivity contribution is 6.32. The third kappa shape index (κ3) is 4.00. The number of carbonyl (C=O) groups excluding carboxylic acids is 1. The molecule has 2 amide bonds. The maximum atomic E-state index is 12.5. The number of carboxylic acid groups (broad SMARTS) is 1. The van der Waals surface area contributed by atoms with Crippen LogP contribution in [0.4, 0.5) is 4.79 Å². The summed E-state index contributed by atoms with van der Waals surface area (Å²) >= 11 is 6.19. The first kappa shape index (κ1) is 17.9. The minimum absolute atomic E-state index is 0.0592. The number of carbonyl (C=O) groups is 2. The van der Waals surface area contributed by atoms with E-state index in [9.17, 15) is 9.59 Å². The molecule has 1 aliphatic heterocycles. The van der Waals surface area contributed by atoms with E-state index in [1.54, 1.807) is 12.0 Å². The van der Waals surface area contributed by atoms with E-state index in [1.165, 1.54) is 0 Å². The van der Waals surface area contributed by atoms with Crippen molar-refractivity contribution in [2.45, 2.75) is 44.7 Å². The predicted molar refractivity (Wildman–Crippen MR) is 94.0 cm³/mol. The smallest absolute Gasteiger partial charge is 0.317 e. The molecule has 0 bridgehead atoms. The van der Waals surface area contributed by atoms with Crippen LogP contribution in [-0.2, 0) is 17.8 Å². The van der Waals surface area contributed by atoms with Crippen LogP contribution in [0.2, 0.25) is 5.02 Å². The largest absolute Gasteiger partial charge is 0.495 e. The van der Waals surface area contributed by atoms with Gasteiger partial charge in [-0.25, -0.2) is 4.79 Å². The quantitative estimate of drug-likeness (QED) is 0.861. The molecule has 2 N–H and O–H groups in total. The molecule has 2 aliphatic rings. The summed E-state index contributed by atoms with van der Waals surface area (Å²) < 4.78 is 5.24. The zero-order valence-corrected chi connectivity index (χ0v) is 15.0. The van der Waals surface area contributed by atoms with E-state index in [0.29, 0.717) is 36.7 Å². The summed E-state index contributed by atoms with van der Waals surface area (Å²) in [4.78, 5) is 25.3. The standard InChI is InChI=1S/C18H23ClN2O4/c1-25-16-9-12-6-7-21(10-13(12)8-15(16)19)18(24)20-14-4-2-11(3-5-14)17(22)23/h8-9,11,14H,2-7,10H2,1H3,(H,20,24)(H,22,23). The van der Waals surface area contributed by atoms with Gasteiger partial charge in [0.25, 0.3) is 0 Å². The van der Waals surface area contributed by atoms with Crippen LogP contribution in [0.25, 0.3) is 0 Å². The predicted octanol–water partition coefficient (Wildman–Crippen LogP) is 3.06. The highest BCUT2D eigenvalue weighted by Crippen LogP contribution is 2.31. The number of rotatable bonds is 3. The Labute approximate surface area is 152 Å². The van der Waals surface area contributed by atoms with Gasteiger partial charge in [-0.15, -0.1) is 0 Å². The number of halogens is 1. The summed E-state index contributed by atoms with van der Waals surface area (Å²) in [5.41, 5.74) is 2.20. The molecular formula is C18H23ClN2O4. The second-order valence-corrected chi connectivity index (χ2v) is 7.17. The number of carboxylic acids is 1. The number of amides is 2. The Bertz CT molecular complexity index is 671. The lowest BCUT2D eigenvalue weighted by Crippen LogP contribution is -2.47. The topological polar surface area (TPSA) is 78.9 Å². The van der Waals surface area contributed by atoms with E-state index < -0.39 is 5.97 Å². The molecular weight excluding hydrogens is 344 g/mol. The summed E-state index contributed by atoms with van der Waals surface area (Å²) in [5, 5.41) is 12.7. The van der Waals surface area contributed by atoms with Gasteiger partial charge >= 0.3 is 12.0 Å². The van der Waals surface area contributed by atoms with Gasteiger partial charge in [0.15, 0.2) is 0 Å². The number of benzene rings is 1. The fourth-order valence-electron chi connectivity index (χ4n) is 3.64. The van der Waals surface area contributed by atoms with Crippen molar-refractivity contribution >= 4 is 23.6 Å². The van der Waals surface area contributed by atoms with Gasteiger partial charge in [-0.2, -0.15) is 0 Å². The molecule has 25 heavy (non-hydrogen) atoms.